The van der Waals surface area contributed by atoms with E-state index in [0.717, 1.165) is 12.1 Å². The fourth-order valence-electron chi connectivity index (χ4n) is 1.36. The number of hydrogen-bond donors (Lipinski definition) is 2. The molecule has 2 atom stereocenters. The molecule has 0 aromatic heterocycles. The highest BCUT2D eigenvalue weighted by atomic mass is 19.3. The van der Waals surface area contributed by atoms with Crippen molar-refractivity contribution in [3.8, 4) is 0 Å². The summed E-state index contributed by atoms with van der Waals surface area (Å²) < 4.78 is 38.1. The highest BCUT2D eigenvalue weighted by Crippen LogP contribution is 2.27. The van der Waals surface area contributed by atoms with Crippen LogP contribution in [0.1, 0.15) is 30.1 Å². The molecule has 0 spiro atoms. The Morgan fingerprint density at radius 3 is 2.44 bits per heavy atom. The van der Waals surface area contributed by atoms with E-state index in [4.69, 9.17) is 5.11 Å². The Bertz CT molecular complexity index is 355. The molecule has 0 aliphatic heterocycles. The van der Waals surface area contributed by atoms with Gasteiger partial charge < -0.3 is 10.2 Å². The van der Waals surface area contributed by atoms with Gasteiger partial charge in [-0.15, -0.1) is 0 Å². The van der Waals surface area contributed by atoms with Crippen LogP contribution in [0, 0.1) is 5.82 Å². The first kappa shape index (κ1) is 13.0. The summed E-state index contributed by atoms with van der Waals surface area (Å²) in [6.07, 6.45) is -3.85. The third kappa shape index (κ3) is 2.74. The van der Waals surface area contributed by atoms with Crippen LogP contribution < -0.4 is 0 Å². The van der Waals surface area contributed by atoms with Gasteiger partial charge in [-0.25, -0.2) is 13.2 Å². The van der Waals surface area contributed by atoms with E-state index >= 15 is 0 Å². The molecule has 0 saturated carbocycles. The van der Waals surface area contributed by atoms with Gasteiger partial charge >= 0.3 is 0 Å². The van der Waals surface area contributed by atoms with Crippen molar-refractivity contribution in [2.24, 2.45) is 0 Å². The fourth-order valence-corrected chi connectivity index (χ4v) is 1.36. The summed E-state index contributed by atoms with van der Waals surface area (Å²) in [7, 11) is 0. The minimum Gasteiger partial charge on any atom is -0.393 e. The van der Waals surface area contributed by atoms with E-state index in [1.807, 2.05) is 0 Å². The maximum Gasteiger partial charge on any atom is 0.245 e. The van der Waals surface area contributed by atoms with Gasteiger partial charge in [-0.05, 0) is 23.3 Å². The molecule has 0 aliphatic carbocycles. The molecule has 2 nitrogen and oxygen atoms in total. The van der Waals surface area contributed by atoms with E-state index in [9.17, 15) is 18.3 Å². The average Bonchev–Trinajstić information content (AvgIpc) is 2.27. The summed E-state index contributed by atoms with van der Waals surface area (Å²) >= 11 is 0. The third-order valence-electron chi connectivity index (χ3n) is 2.45. The van der Waals surface area contributed by atoms with Crippen LogP contribution in [0.3, 0.4) is 0 Å². The highest BCUT2D eigenvalue weighted by Gasteiger charge is 2.21. The second-order valence-corrected chi connectivity index (χ2v) is 3.60. The van der Waals surface area contributed by atoms with Crippen molar-refractivity contribution in [2.75, 3.05) is 6.61 Å². The average molecular weight is 234 g/mol. The summed E-state index contributed by atoms with van der Waals surface area (Å²) in [5.41, 5.74) is 0.0754. The van der Waals surface area contributed by atoms with E-state index in [0.29, 0.717) is 0 Å². The van der Waals surface area contributed by atoms with Crippen LogP contribution in [0.2, 0.25) is 0 Å². The van der Waals surface area contributed by atoms with Crippen LogP contribution >= 0.6 is 0 Å². The lowest BCUT2D eigenvalue weighted by molar-refractivity contribution is 0.0949. The first-order chi connectivity index (χ1) is 7.47. The molecule has 1 aromatic rings. The Balaban J connectivity index is 3.08. The maximum absolute atomic E-state index is 13.3. The van der Waals surface area contributed by atoms with Crippen molar-refractivity contribution in [1.82, 2.24) is 0 Å². The molecule has 90 valence electrons. The molecular weight excluding hydrogens is 221 g/mol. The summed E-state index contributed by atoms with van der Waals surface area (Å²) in [5.74, 6) is -1.98. The Morgan fingerprint density at radius 1 is 1.31 bits per heavy atom. The molecule has 0 saturated heterocycles. The number of rotatable bonds is 4. The molecule has 1 aromatic carbocycles. The molecule has 0 aliphatic rings. The number of alkyl halides is 2. The van der Waals surface area contributed by atoms with Crippen molar-refractivity contribution in [3.05, 3.63) is 35.1 Å². The zero-order valence-electron chi connectivity index (χ0n) is 8.70. The normalized spacial score (nSPS) is 15.2. The van der Waals surface area contributed by atoms with E-state index < -0.39 is 30.9 Å². The monoisotopic (exact) mass is 234 g/mol. The van der Waals surface area contributed by atoms with Crippen molar-refractivity contribution in [1.29, 1.82) is 0 Å². The Kier molecular flexibility index (Phi) is 4.32. The number of halogens is 3. The summed E-state index contributed by atoms with van der Waals surface area (Å²) in [5, 5.41) is 18.0. The molecule has 1 unspecified atom stereocenters. The zero-order chi connectivity index (χ0) is 12.3. The quantitative estimate of drug-likeness (QED) is 0.838. The van der Waals surface area contributed by atoms with Gasteiger partial charge in [-0.3, -0.25) is 0 Å². The van der Waals surface area contributed by atoms with Gasteiger partial charge in [-0.1, -0.05) is 13.0 Å². The van der Waals surface area contributed by atoms with Gasteiger partial charge in [0, 0.05) is 5.92 Å². The fraction of sp³-hybridized carbons (Fsp3) is 0.455. The third-order valence-corrected chi connectivity index (χ3v) is 2.45. The zero-order valence-corrected chi connectivity index (χ0v) is 8.70. The lowest BCUT2D eigenvalue weighted by atomic mass is 9.97. The number of aliphatic hydroxyl groups is 2. The number of aliphatic hydroxyl groups excluding tert-OH is 2. The first-order valence-electron chi connectivity index (χ1n) is 4.83. The summed E-state index contributed by atoms with van der Waals surface area (Å²) in [6.45, 7) is 0.673. The standard InChI is InChI=1S/C11H13F3O2/c1-6(11(13)14)8-4-7(10(16)5-15)2-3-9(8)12/h2-4,6,10-11,15-16H,5H2,1H3/t6-,10?/m0/s1. The van der Waals surface area contributed by atoms with Crippen LogP contribution in [0.15, 0.2) is 18.2 Å². The molecule has 0 amide bonds. The smallest absolute Gasteiger partial charge is 0.245 e. The highest BCUT2D eigenvalue weighted by molar-refractivity contribution is 5.29. The van der Waals surface area contributed by atoms with Gasteiger partial charge in [0.2, 0.25) is 6.43 Å². The van der Waals surface area contributed by atoms with E-state index in [1.54, 1.807) is 0 Å². The Hall–Kier alpha value is -1.07. The van der Waals surface area contributed by atoms with Crippen molar-refractivity contribution >= 4 is 0 Å². The van der Waals surface area contributed by atoms with E-state index in [1.165, 1.54) is 13.0 Å². The number of hydrogen-bond acceptors (Lipinski definition) is 2. The molecule has 0 heterocycles. The molecule has 1 rings (SSSR count). The number of benzene rings is 1. The minimum atomic E-state index is -2.67. The van der Waals surface area contributed by atoms with Crippen molar-refractivity contribution in [2.45, 2.75) is 25.4 Å². The predicted octanol–water partition coefficient (Wildman–Crippen LogP) is 2.22. The van der Waals surface area contributed by atoms with Crippen LogP contribution in [0.5, 0.6) is 0 Å². The minimum absolute atomic E-state index is 0.153. The van der Waals surface area contributed by atoms with Gasteiger partial charge in [0.25, 0.3) is 0 Å². The Labute approximate surface area is 91.3 Å². The molecule has 0 radical (unpaired) electrons. The first-order valence-corrected chi connectivity index (χ1v) is 4.83. The molecule has 5 heteroatoms. The predicted molar refractivity (Wildman–Crippen MR) is 52.9 cm³/mol. The topological polar surface area (TPSA) is 40.5 Å². The van der Waals surface area contributed by atoms with Gasteiger partial charge in [0.05, 0.1) is 6.61 Å². The second kappa shape index (κ2) is 5.32. The van der Waals surface area contributed by atoms with Crippen molar-refractivity contribution in [3.63, 3.8) is 0 Å². The molecular formula is C11H13F3O2. The van der Waals surface area contributed by atoms with Gasteiger partial charge in [0.15, 0.2) is 0 Å². The summed E-state index contributed by atoms with van der Waals surface area (Å²) in [6, 6.07) is 3.44. The van der Waals surface area contributed by atoms with Gasteiger partial charge in [0.1, 0.15) is 11.9 Å². The largest absolute Gasteiger partial charge is 0.393 e. The van der Waals surface area contributed by atoms with E-state index in [2.05, 4.69) is 0 Å². The molecule has 0 fully saturated rings. The van der Waals surface area contributed by atoms with Crippen LogP contribution in [-0.4, -0.2) is 23.2 Å². The van der Waals surface area contributed by atoms with Crippen LogP contribution in [-0.2, 0) is 0 Å². The lowest BCUT2D eigenvalue weighted by Crippen LogP contribution is -2.09. The Morgan fingerprint density at radius 2 is 1.94 bits per heavy atom. The van der Waals surface area contributed by atoms with Gasteiger partial charge in [-0.2, -0.15) is 0 Å². The molecule has 0 bridgehead atoms. The van der Waals surface area contributed by atoms with Crippen LogP contribution in [0.25, 0.3) is 0 Å². The van der Waals surface area contributed by atoms with Crippen molar-refractivity contribution < 1.29 is 23.4 Å². The molecule has 16 heavy (non-hydrogen) atoms. The SMILES string of the molecule is C[C@@H](c1cc(C(O)CO)ccc1F)C(F)F. The maximum atomic E-state index is 13.3. The molecule has 2 N–H and O–H groups in total. The van der Waals surface area contributed by atoms with Crippen LogP contribution in [0.4, 0.5) is 13.2 Å². The van der Waals surface area contributed by atoms with E-state index in [-0.39, 0.29) is 11.1 Å². The second-order valence-electron chi connectivity index (χ2n) is 3.60. The lowest BCUT2D eigenvalue weighted by Gasteiger charge is -2.15. The summed E-state index contributed by atoms with van der Waals surface area (Å²) in [4.78, 5) is 0.